The summed E-state index contributed by atoms with van der Waals surface area (Å²) in [6, 6.07) is 2.48. The molecule has 118 valence electrons. The van der Waals surface area contributed by atoms with Crippen molar-refractivity contribution in [3.63, 3.8) is 0 Å². The molecule has 1 aromatic rings. The highest BCUT2D eigenvalue weighted by molar-refractivity contribution is 9.10. The zero-order valence-corrected chi connectivity index (χ0v) is 14.4. The van der Waals surface area contributed by atoms with Gasteiger partial charge in [0.2, 0.25) is 0 Å². The van der Waals surface area contributed by atoms with Crippen LogP contribution in [-0.4, -0.2) is 6.54 Å². The second-order valence-corrected chi connectivity index (χ2v) is 7.24. The zero-order chi connectivity index (χ0) is 15.5. The maximum Gasteiger partial charge on any atom is 0.137 e. The first-order chi connectivity index (χ1) is 9.98. The average molecular weight is 360 g/mol. The fourth-order valence-electron chi connectivity index (χ4n) is 3.43. The van der Waals surface area contributed by atoms with E-state index in [0.29, 0.717) is 5.56 Å². The molecule has 1 N–H and O–H groups in total. The minimum Gasteiger partial charge on any atom is -0.309 e. The number of nitrogens with one attached hydrogen (secondary N) is 1. The van der Waals surface area contributed by atoms with Crippen molar-refractivity contribution in [1.29, 1.82) is 0 Å². The van der Waals surface area contributed by atoms with Crippen molar-refractivity contribution in [2.24, 2.45) is 5.41 Å². The van der Waals surface area contributed by atoms with Gasteiger partial charge in [-0.1, -0.05) is 33.1 Å². The summed E-state index contributed by atoms with van der Waals surface area (Å²) in [4.78, 5) is 0. The van der Waals surface area contributed by atoms with Crippen molar-refractivity contribution in [2.45, 2.75) is 58.4 Å². The van der Waals surface area contributed by atoms with E-state index < -0.39 is 5.82 Å². The molecule has 1 aliphatic carbocycles. The zero-order valence-electron chi connectivity index (χ0n) is 12.8. The molecule has 1 atom stereocenters. The number of rotatable bonds is 5. The molecule has 0 heterocycles. The lowest BCUT2D eigenvalue weighted by molar-refractivity contribution is 0.142. The van der Waals surface area contributed by atoms with Crippen LogP contribution >= 0.6 is 15.9 Å². The molecule has 0 bridgehead atoms. The first-order valence-electron chi connectivity index (χ1n) is 7.86. The second-order valence-electron chi connectivity index (χ2n) is 6.39. The smallest absolute Gasteiger partial charge is 0.137 e. The lowest BCUT2D eigenvalue weighted by Gasteiger charge is -2.42. The van der Waals surface area contributed by atoms with Crippen molar-refractivity contribution in [1.82, 2.24) is 5.32 Å². The van der Waals surface area contributed by atoms with E-state index in [9.17, 15) is 8.78 Å². The summed E-state index contributed by atoms with van der Waals surface area (Å²) in [7, 11) is 0. The van der Waals surface area contributed by atoms with Crippen LogP contribution in [0.2, 0.25) is 0 Å². The van der Waals surface area contributed by atoms with Crippen LogP contribution in [0, 0.1) is 17.0 Å². The molecular weight excluding hydrogens is 336 g/mol. The summed E-state index contributed by atoms with van der Waals surface area (Å²) in [5.41, 5.74) is 0.461. The molecule has 21 heavy (non-hydrogen) atoms. The van der Waals surface area contributed by atoms with Gasteiger partial charge in [0.05, 0.1) is 4.47 Å². The predicted molar refractivity (Wildman–Crippen MR) is 86.3 cm³/mol. The van der Waals surface area contributed by atoms with Gasteiger partial charge in [-0.2, -0.15) is 0 Å². The van der Waals surface area contributed by atoms with Gasteiger partial charge >= 0.3 is 0 Å². The molecule has 2 rings (SSSR count). The summed E-state index contributed by atoms with van der Waals surface area (Å²) in [5, 5.41) is 3.46. The largest absolute Gasteiger partial charge is 0.309 e. The first-order valence-corrected chi connectivity index (χ1v) is 8.65. The number of benzene rings is 1. The third-order valence-corrected chi connectivity index (χ3v) is 5.25. The quantitative estimate of drug-likeness (QED) is 0.661. The summed E-state index contributed by atoms with van der Waals surface area (Å²) >= 11 is 3.06. The summed E-state index contributed by atoms with van der Waals surface area (Å²) < 4.78 is 28.5. The lowest BCUT2D eigenvalue weighted by Crippen LogP contribution is -2.38. The molecular formula is C17H24BrF2N. The molecule has 1 unspecified atom stereocenters. The third-order valence-electron chi connectivity index (χ3n) is 4.64. The van der Waals surface area contributed by atoms with E-state index in [0.717, 1.165) is 25.8 Å². The monoisotopic (exact) mass is 359 g/mol. The molecule has 1 aromatic carbocycles. The Hall–Kier alpha value is -0.480. The molecule has 1 nitrogen and oxygen atoms in total. The maximum atomic E-state index is 14.4. The Bertz CT molecular complexity index is 484. The van der Waals surface area contributed by atoms with Crippen LogP contribution in [0.3, 0.4) is 0 Å². The summed E-state index contributed by atoms with van der Waals surface area (Å²) in [6.07, 6.45) is 6.68. The Kier molecular flexibility index (Phi) is 5.78. The topological polar surface area (TPSA) is 12.0 Å². The van der Waals surface area contributed by atoms with E-state index in [2.05, 4.69) is 35.1 Å². The molecule has 4 heteroatoms. The van der Waals surface area contributed by atoms with E-state index in [1.54, 1.807) is 0 Å². The summed E-state index contributed by atoms with van der Waals surface area (Å²) in [5.74, 6) is -0.724. The highest BCUT2D eigenvalue weighted by atomic mass is 79.9. The molecule has 0 radical (unpaired) electrons. The van der Waals surface area contributed by atoms with E-state index in [-0.39, 0.29) is 21.7 Å². The SMILES string of the molecule is CCCNC(c1cc(F)c(Br)cc1F)C1(C)CCCCC1. The van der Waals surface area contributed by atoms with Gasteiger partial charge in [0.25, 0.3) is 0 Å². The van der Waals surface area contributed by atoms with Crippen molar-refractivity contribution < 1.29 is 8.78 Å². The van der Waals surface area contributed by atoms with Crippen LogP contribution in [0.1, 0.15) is 64.0 Å². The minimum absolute atomic E-state index is 0.00543. The van der Waals surface area contributed by atoms with Gasteiger partial charge in [-0.15, -0.1) is 0 Å². The Balaban J connectivity index is 2.37. The van der Waals surface area contributed by atoms with E-state index in [1.807, 2.05) is 0 Å². The van der Waals surface area contributed by atoms with Gasteiger partial charge in [-0.25, -0.2) is 8.78 Å². The normalized spacial score (nSPS) is 19.5. The Morgan fingerprint density at radius 3 is 2.48 bits per heavy atom. The molecule has 1 aliphatic rings. The van der Waals surface area contributed by atoms with Crippen LogP contribution in [0.25, 0.3) is 0 Å². The van der Waals surface area contributed by atoms with E-state index >= 15 is 0 Å². The van der Waals surface area contributed by atoms with Gasteiger partial charge < -0.3 is 5.32 Å². The van der Waals surface area contributed by atoms with Gasteiger partial charge in [0, 0.05) is 11.6 Å². The molecule has 0 aromatic heterocycles. The van der Waals surface area contributed by atoms with Crippen LogP contribution in [0.15, 0.2) is 16.6 Å². The molecule has 0 spiro atoms. The van der Waals surface area contributed by atoms with Crippen LogP contribution in [0.4, 0.5) is 8.78 Å². The lowest BCUT2D eigenvalue weighted by atomic mass is 9.68. The van der Waals surface area contributed by atoms with Crippen LogP contribution < -0.4 is 5.32 Å². The van der Waals surface area contributed by atoms with E-state index in [1.165, 1.54) is 31.4 Å². The molecule has 0 amide bonds. The van der Waals surface area contributed by atoms with Crippen molar-refractivity contribution in [3.05, 3.63) is 33.8 Å². The molecule has 1 saturated carbocycles. The van der Waals surface area contributed by atoms with Crippen molar-refractivity contribution >= 4 is 15.9 Å². The highest BCUT2D eigenvalue weighted by Crippen LogP contribution is 2.46. The van der Waals surface area contributed by atoms with Gasteiger partial charge in [-0.05, 0) is 59.3 Å². The number of hydrogen-bond donors (Lipinski definition) is 1. The van der Waals surface area contributed by atoms with Crippen molar-refractivity contribution in [2.75, 3.05) is 6.54 Å². The van der Waals surface area contributed by atoms with Crippen LogP contribution in [0.5, 0.6) is 0 Å². The standard InChI is InChI=1S/C17H24BrF2N/c1-3-9-21-16(17(2)7-5-4-6-8-17)12-10-15(20)13(18)11-14(12)19/h10-11,16,21H,3-9H2,1-2H3. The first kappa shape index (κ1) is 16.9. The molecule has 0 saturated heterocycles. The predicted octanol–water partition coefficient (Wildman–Crippen LogP) is 5.74. The summed E-state index contributed by atoms with van der Waals surface area (Å²) in [6.45, 7) is 5.11. The van der Waals surface area contributed by atoms with Crippen LogP contribution in [-0.2, 0) is 0 Å². The fraction of sp³-hybridized carbons (Fsp3) is 0.647. The molecule has 1 fully saturated rings. The highest BCUT2D eigenvalue weighted by Gasteiger charge is 2.37. The van der Waals surface area contributed by atoms with Gasteiger partial charge in [0.1, 0.15) is 11.6 Å². The Morgan fingerprint density at radius 1 is 1.19 bits per heavy atom. The Labute approximate surface area is 134 Å². The fourth-order valence-corrected chi connectivity index (χ4v) is 3.74. The number of hydrogen-bond acceptors (Lipinski definition) is 1. The maximum absolute atomic E-state index is 14.4. The average Bonchev–Trinajstić information content (AvgIpc) is 2.45. The molecule has 0 aliphatic heterocycles. The van der Waals surface area contributed by atoms with Crippen molar-refractivity contribution in [3.8, 4) is 0 Å². The Morgan fingerprint density at radius 2 is 1.86 bits per heavy atom. The van der Waals surface area contributed by atoms with E-state index in [4.69, 9.17) is 0 Å². The van der Waals surface area contributed by atoms with Gasteiger partial charge in [0.15, 0.2) is 0 Å². The minimum atomic E-state index is -0.394. The third kappa shape index (κ3) is 3.84. The number of halogens is 3. The van der Waals surface area contributed by atoms with Gasteiger partial charge in [-0.3, -0.25) is 0 Å². The second kappa shape index (κ2) is 7.19.